The van der Waals surface area contributed by atoms with E-state index in [1.807, 2.05) is 24.3 Å². The molecule has 0 aliphatic heterocycles. The molecule has 0 aliphatic carbocycles. The average Bonchev–Trinajstić information content (AvgIpc) is 2.54. The first kappa shape index (κ1) is 19.0. The van der Waals surface area contributed by atoms with Crippen molar-refractivity contribution in [2.45, 2.75) is 19.8 Å². The van der Waals surface area contributed by atoms with E-state index < -0.39 is 0 Å². The Morgan fingerprint density at radius 2 is 2.04 bits per heavy atom. The van der Waals surface area contributed by atoms with E-state index in [9.17, 15) is 9.59 Å². The van der Waals surface area contributed by atoms with Gasteiger partial charge in [-0.05, 0) is 30.5 Å². The van der Waals surface area contributed by atoms with Gasteiger partial charge in [0.25, 0.3) is 0 Å². The topological polar surface area (TPSA) is 67.9 Å². The van der Waals surface area contributed by atoms with Gasteiger partial charge in [-0.2, -0.15) is 0 Å². The van der Waals surface area contributed by atoms with Crippen LogP contribution in [-0.4, -0.2) is 57.2 Å². The van der Waals surface area contributed by atoms with Crippen molar-refractivity contribution in [1.82, 2.24) is 10.2 Å². The minimum absolute atomic E-state index is 0.0805. The monoisotopic (exact) mass is 322 g/mol. The lowest BCUT2D eigenvalue weighted by atomic mass is 10.1. The van der Waals surface area contributed by atoms with Crippen LogP contribution >= 0.6 is 0 Å². The van der Waals surface area contributed by atoms with Gasteiger partial charge in [-0.15, -0.1) is 0 Å². The van der Waals surface area contributed by atoms with Crippen LogP contribution in [0.2, 0.25) is 0 Å². The second kappa shape index (κ2) is 10.6. The SMILES string of the molecule is COCCCN(CC(=O)NCCc1cccc(OC)c1)C(C)=O. The normalized spacial score (nSPS) is 10.2. The Morgan fingerprint density at radius 1 is 1.26 bits per heavy atom. The molecule has 0 unspecified atom stereocenters. The molecule has 0 atom stereocenters. The predicted octanol–water partition coefficient (Wildman–Crippen LogP) is 1.24. The van der Waals surface area contributed by atoms with Gasteiger partial charge in [0.05, 0.1) is 13.7 Å². The van der Waals surface area contributed by atoms with Crippen LogP contribution in [0.1, 0.15) is 18.9 Å². The fourth-order valence-electron chi connectivity index (χ4n) is 2.15. The van der Waals surface area contributed by atoms with Crippen LogP contribution < -0.4 is 10.1 Å². The summed E-state index contributed by atoms with van der Waals surface area (Å²) in [5.41, 5.74) is 1.09. The highest BCUT2D eigenvalue weighted by Crippen LogP contribution is 2.12. The van der Waals surface area contributed by atoms with E-state index >= 15 is 0 Å². The first-order valence-electron chi connectivity index (χ1n) is 7.71. The molecule has 6 nitrogen and oxygen atoms in total. The van der Waals surface area contributed by atoms with Gasteiger partial charge < -0.3 is 19.7 Å². The summed E-state index contributed by atoms with van der Waals surface area (Å²) >= 11 is 0. The molecule has 0 aromatic heterocycles. The summed E-state index contributed by atoms with van der Waals surface area (Å²) in [6.07, 6.45) is 1.43. The first-order chi connectivity index (χ1) is 11.1. The molecule has 1 aromatic rings. The summed E-state index contributed by atoms with van der Waals surface area (Å²) in [7, 11) is 3.24. The lowest BCUT2D eigenvalue weighted by Gasteiger charge is -2.20. The quantitative estimate of drug-likeness (QED) is 0.658. The number of rotatable bonds is 10. The first-order valence-corrected chi connectivity index (χ1v) is 7.71. The fraction of sp³-hybridized carbons (Fsp3) is 0.529. The number of hydrogen-bond acceptors (Lipinski definition) is 4. The molecule has 0 heterocycles. The molecule has 6 heteroatoms. The van der Waals surface area contributed by atoms with Crippen molar-refractivity contribution < 1.29 is 19.1 Å². The third kappa shape index (κ3) is 7.65. The van der Waals surface area contributed by atoms with E-state index in [-0.39, 0.29) is 18.4 Å². The van der Waals surface area contributed by atoms with Gasteiger partial charge in [-0.25, -0.2) is 0 Å². The molecular weight excluding hydrogens is 296 g/mol. The fourth-order valence-corrected chi connectivity index (χ4v) is 2.15. The van der Waals surface area contributed by atoms with Gasteiger partial charge in [0.15, 0.2) is 0 Å². The van der Waals surface area contributed by atoms with Crippen LogP contribution in [0.25, 0.3) is 0 Å². The van der Waals surface area contributed by atoms with Crippen molar-refractivity contribution in [2.24, 2.45) is 0 Å². The van der Waals surface area contributed by atoms with Crippen LogP contribution in [0.5, 0.6) is 5.75 Å². The van der Waals surface area contributed by atoms with Crippen molar-refractivity contribution in [2.75, 3.05) is 40.5 Å². The number of nitrogens with one attached hydrogen (secondary N) is 1. The van der Waals surface area contributed by atoms with Crippen LogP contribution in [0, 0.1) is 0 Å². The summed E-state index contributed by atoms with van der Waals surface area (Å²) in [4.78, 5) is 25.0. The molecule has 0 radical (unpaired) electrons. The third-order valence-corrected chi connectivity index (χ3v) is 3.43. The van der Waals surface area contributed by atoms with E-state index in [0.717, 1.165) is 11.3 Å². The Kier molecular flexibility index (Phi) is 8.75. The Hall–Kier alpha value is -2.08. The molecule has 1 aromatic carbocycles. The predicted molar refractivity (Wildman–Crippen MR) is 88.5 cm³/mol. The zero-order valence-electron chi connectivity index (χ0n) is 14.1. The minimum atomic E-state index is -0.152. The lowest BCUT2D eigenvalue weighted by Crippen LogP contribution is -2.41. The number of ether oxygens (including phenoxy) is 2. The number of nitrogens with zero attached hydrogens (tertiary/aromatic N) is 1. The van der Waals surface area contributed by atoms with Crippen LogP contribution in [-0.2, 0) is 20.7 Å². The molecule has 0 spiro atoms. The van der Waals surface area contributed by atoms with Gasteiger partial charge >= 0.3 is 0 Å². The number of methoxy groups -OCH3 is 2. The summed E-state index contributed by atoms with van der Waals surface area (Å²) in [6, 6.07) is 7.73. The molecule has 128 valence electrons. The molecule has 1 rings (SSSR count). The highest BCUT2D eigenvalue weighted by Gasteiger charge is 2.12. The maximum Gasteiger partial charge on any atom is 0.239 e. The van der Waals surface area contributed by atoms with Crippen LogP contribution in [0.3, 0.4) is 0 Å². The smallest absolute Gasteiger partial charge is 0.239 e. The molecular formula is C17H26N2O4. The van der Waals surface area contributed by atoms with E-state index in [4.69, 9.17) is 9.47 Å². The van der Waals surface area contributed by atoms with E-state index in [0.29, 0.717) is 32.5 Å². The van der Waals surface area contributed by atoms with Crippen molar-refractivity contribution in [3.8, 4) is 5.75 Å². The highest BCUT2D eigenvalue weighted by molar-refractivity contribution is 5.83. The number of carbonyl (C=O) groups is 2. The summed E-state index contributed by atoms with van der Waals surface area (Å²) < 4.78 is 10.1. The highest BCUT2D eigenvalue weighted by atomic mass is 16.5. The average molecular weight is 322 g/mol. The van der Waals surface area contributed by atoms with Crippen molar-refractivity contribution >= 4 is 11.8 Å². The molecule has 0 fully saturated rings. The standard InChI is InChI=1S/C17H26N2O4/c1-14(20)19(10-5-11-22-2)13-17(21)18-9-8-15-6-4-7-16(12-15)23-3/h4,6-7,12H,5,8-11,13H2,1-3H3,(H,18,21). The van der Waals surface area contributed by atoms with E-state index in [2.05, 4.69) is 5.32 Å². The number of amides is 2. The zero-order valence-corrected chi connectivity index (χ0v) is 14.1. The summed E-state index contributed by atoms with van der Waals surface area (Å²) in [5.74, 6) is 0.541. The number of hydrogen-bond donors (Lipinski definition) is 1. The Labute approximate surface area is 137 Å². The summed E-state index contributed by atoms with van der Waals surface area (Å²) in [6.45, 7) is 3.16. The van der Waals surface area contributed by atoms with E-state index in [1.54, 1.807) is 14.2 Å². The molecule has 0 aliphatic rings. The molecule has 1 N–H and O–H groups in total. The summed E-state index contributed by atoms with van der Waals surface area (Å²) in [5, 5.41) is 2.84. The molecule has 0 bridgehead atoms. The second-order valence-corrected chi connectivity index (χ2v) is 5.24. The van der Waals surface area contributed by atoms with Gasteiger partial charge in [0, 0.05) is 33.7 Å². The third-order valence-electron chi connectivity index (χ3n) is 3.43. The van der Waals surface area contributed by atoms with Gasteiger partial charge in [0.2, 0.25) is 11.8 Å². The molecule has 23 heavy (non-hydrogen) atoms. The number of benzene rings is 1. The van der Waals surface area contributed by atoms with Crippen molar-refractivity contribution in [1.29, 1.82) is 0 Å². The van der Waals surface area contributed by atoms with E-state index in [1.165, 1.54) is 11.8 Å². The minimum Gasteiger partial charge on any atom is -0.497 e. The Balaban J connectivity index is 2.35. The number of carbonyl (C=O) groups excluding carboxylic acids is 2. The second-order valence-electron chi connectivity index (χ2n) is 5.24. The molecule has 2 amide bonds. The van der Waals surface area contributed by atoms with Gasteiger partial charge in [0.1, 0.15) is 5.75 Å². The Bertz CT molecular complexity index is 505. The zero-order chi connectivity index (χ0) is 17.1. The van der Waals surface area contributed by atoms with Gasteiger partial charge in [-0.3, -0.25) is 9.59 Å². The van der Waals surface area contributed by atoms with Crippen LogP contribution in [0.4, 0.5) is 0 Å². The largest absolute Gasteiger partial charge is 0.497 e. The Morgan fingerprint density at radius 3 is 2.70 bits per heavy atom. The van der Waals surface area contributed by atoms with Crippen molar-refractivity contribution in [3.63, 3.8) is 0 Å². The lowest BCUT2D eigenvalue weighted by molar-refractivity contribution is -0.134. The maximum absolute atomic E-state index is 11.9. The molecule has 0 saturated carbocycles. The van der Waals surface area contributed by atoms with Crippen LogP contribution in [0.15, 0.2) is 24.3 Å². The molecule has 0 saturated heterocycles. The van der Waals surface area contributed by atoms with Gasteiger partial charge in [-0.1, -0.05) is 12.1 Å². The maximum atomic E-state index is 11.9. The van der Waals surface area contributed by atoms with Crippen molar-refractivity contribution in [3.05, 3.63) is 29.8 Å².